The number of H-pyrrole nitrogens is 1. The monoisotopic (exact) mass is 281 g/mol. The van der Waals surface area contributed by atoms with Crippen LogP contribution in [-0.2, 0) is 0 Å². The Labute approximate surface area is 117 Å². The second-order valence-corrected chi connectivity index (χ2v) is 4.96. The van der Waals surface area contributed by atoms with Gasteiger partial charge in [-0.3, -0.25) is 0 Å². The summed E-state index contributed by atoms with van der Waals surface area (Å²) < 4.78 is 13.0. The van der Waals surface area contributed by atoms with E-state index in [1.54, 1.807) is 12.3 Å². The summed E-state index contributed by atoms with van der Waals surface area (Å²) >= 11 is 6.02. The maximum atomic E-state index is 13.0. The van der Waals surface area contributed by atoms with Crippen LogP contribution < -0.4 is 5.73 Å². The number of unbranched alkanes of at least 4 members (excludes halogenated alkanes) is 1. The number of aromatic nitrogens is 2. The smallest absolute Gasteiger partial charge is 0.124 e. The van der Waals surface area contributed by atoms with Crippen LogP contribution in [0.15, 0.2) is 24.4 Å². The van der Waals surface area contributed by atoms with Crippen LogP contribution in [0.1, 0.15) is 38.1 Å². The zero-order valence-corrected chi connectivity index (χ0v) is 11.5. The maximum absolute atomic E-state index is 13.0. The van der Waals surface area contributed by atoms with Crippen molar-refractivity contribution in [2.45, 2.75) is 32.2 Å². The van der Waals surface area contributed by atoms with Gasteiger partial charge in [0.05, 0.1) is 23.0 Å². The van der Waals surface area contributed by atoms with Crippen molar-refractivity contribution < 1.29 is 4.39 Å². The van der Waals surface area contributed by atoms with Gasteiger partial charge in [0.1, 0.15) is 11.6 Å². The Hall–Kier alpha value is -1.39. The first-order chi connectivity index (χ1) is 9.11. The van der Waals surface area contributed by atoms with E-state index in [1.165, 1.54) is 12.1 Å². The molecule has 102 valence electrons. The third kappa shape index (κ3) is 3.33. The molecule has 1 aromatic heterocycles. The topological polar surface area (TPSA) is 54.7 Å². The Kier molecular flexibility index (Phi) is 4.56. The molecule has 1 atom stereocenters. The summed E-state index contributed by atoms with van der Waals surface area (Å²) in [7, 11) is 0. The summed E-state index contributed by atoms with van der Waals surface area (Å²) in [5.74, 6) is 0.386. The molecule has 1 unspecified atom stereocenters. The molecule has 1 aromatic carbocycles. The lowest BCUT2D eigenvalue weighted by Crippen LogP contribution is -2.11. The van der Waals surface area contributed by atoms with Gasteiger partial charge < -0.3 is 10.7 Å². The van der Waals surface area contributed by atoms with Crippen LogP contribution >= 0.6 is 11.6 Å². The van der Waals surface area contributed by atoms with Gasteiger partial charge in [0.2, 0.25) is 0 Å². The van der Waals surface area contributed by atoms with E-state index in [2.05, 4.69) is 16.9 Å². The van der Waals surface area contributed by atoms with Crippen LogP contribution in [0, 0.1) is 5.82 Å². The van der Waals surface area contributed by atoms with Gasteiger partial charge in [0.15, 0.2) is 0 Å². The molecule has 5 heteroatoms. The van der Waals surface area contributed by atoms with Gasteiger partial charge >= 0.3 is 0 Å². The summed E-state index contributed by atoms with van der Waals surface area (Å²) in [6, 6.07) is 4.19. The third-order valence-corrected chi connectivity index (χ3v) is 3.35. The standard InChI is InChI=1S/C14H17ClFN3/c1-2-3-4-12(17)14-18-8-13(19-14)10-6-5-9(16)7-11(10)15/h5-8,12H,2-4,17H2,1H3,(H,18,19). The van der Waals surface area contributed by atoms with E-state index in [0.29, 0.717) is 5.02 Å². The SMILES string of the molecule is CCCCC(N)c1ncc(-c2ccc(F)cc2Cl)[nH]1. The van der Waals surface area contributed by atoms with Gasteiger partial charge in [-0.15, -0.1) is 0 Å². The lowest BCUT2D eigenvalue weighted by molar-refractivity contribution is 0.580. The first-order valence-electron chi connectivity index (χ1n) is 6.37. The predicted octanol–water partition coefficient (Wildman–Crippen LogP) is 4.06. The number of aromatic amines is 1. The highest BCUT2D eigenvalue weighted by molar-refractivity contribution is 6.33. The quantitative estimate of drug-likeness (QED) is 0.868. The summed E-state index contributed by atoms with van der Waals surface area (Å²) in [5, 5.41) is 0.359. The van der Waals surface area contributed by atoms with E-state index in [-0.39, 0.29) is 11.9 Å². The van der Waals surface area contributed by atoms with Crippen LogP contribution in [-0.4, -0.2) is 9.97 Å². The van der Waals surface area contributed by atoms with Crippen molar-refractivity contribution in [1.29, 1.82) is 0 Å². The molecule has 0 radical (unpaired) electrons. The maximum Gasteiger partial charge on any atom is 0.124 e. The Morgan fingerprint density at radius 2 is 2.26 bits per heavy atom. The molecule has 0 bridgehead atoms. The van der Waals surface area contributed by atoms with Gasteiger partial charge in [0.25, 0.3) is 0 Å². The number of halogens is 2. The number of rotatable bonds is 5. The number of nitrogens with two attached hydrogens (primary N) is 1. The highest BCUT2D eigenvalue weighted by Crippen LogP contribution is 2.28. The molecule has 0 aliphatic carbocycles. The number of hydrogen-bond donors (Lipinski definition) is 2. The van der Waals surface area contributed by atoms with Crippen molar-refractivity contribution in [3.8, 4) is 11.3 Å². The zero-order chi connectivity index (χ0) is 13.8. The van der Waals surface area contributed by atoms with E-state index in [0.717, 1.165) is 36.3 Å². The van der Waals surface area contributed by atoms with Crippen molar-refractivity contribution in [2.75, 3.05) is 0 Å². The molecular weight excluding hydrogens is 265 g/mol. The highest BCUT2D eigenvalue weighted by atomic mass is 35.5. The molecule has 2 rings (SSSR count). The van der Waals surface area contributed by atoms with Crippen molar-refractivity contribution in [3.63, 3.8) is 0 Å². The van der Waals surface area contributed by atoms with Crippen molar-refractivity contribution in [2.24, 2.45) is 5.73 Å². The van der Waals surface area contributed by atoms with E-state index in [4.69, 9.17) is 17.3 Å². The molecule has 0 saturated carbocycles. The molecule has 0 spiro atoms. The molecule has 19 heavy (non-hydrogen) atoms. The summed E-state index contributed by atoms with van der Waals surface area (Å²) in [6.07, 6.45) is 4.74. The van der Waals surface area contributed by atoms with Crippen molar-refractivity contribution in [1.82, 2.24) is 9.97 Å². The number of imidazole rings is 1. The molecule has 0 amide bonds. The fraction of sp³-hybridized carbons (Fsp3) is 0.357. The largest absolute Gasteiger partial charge is 0.341 e. The molecule has 2 aromatic rings. The fourth-order valence-corrected chi connectivity index (χ4v) is 2.20. The van der Waals surface area contributed by atoms with Crippen LogP contribution in [0.2, 0.25) is 5.02 Å². The molecule has 0 saturated heterocycles. The molecule has 0 aliphatic heterocycles. The number of nitrogens with zero attached hydrogens (tertiary/aromatic N) is 1. The van der Waals surface area contributed by atoms with Gasteiger partial charge in [0, 0.05) is 5.56 Å². The second kappa shape index (κ2) is 6.17. The molecular formula is C14H17ClFN3. The van der Waals surface area contributed by atoms with E-state index in [1.807, 2.05) is 0 Å². The Morgan fingerprint density at radius 3 is 2.95 bits per heavy atom. The highest BCUT2D eigenvalue weighted by Gasteiger charge is 2.12. The minimum absolute atomic E-state index is 0.104. The van der Waals surface area contributed by atoms with Gasteiger partial charge in [-0.2, -0.15) is 0 Å². The Bertz CT molecular complexity index is 553. The number of benzene rings is 1. The summed E-state index contributed by atoms with van der Waals surface area (Å²) in [5.41, 5.74) is 7.53. The molecule has 1 heterocycles. The van der Waals surface area contributed by atoms with Gasteiger partial charge in [-0.25, -0.2) is 9.37 Å². The lowest BCUT2D eigenvalue weighted by atomic mass is 10.1. The molecule has 0 aliphatic rings. The lowest BCUT2D eigenvalue weighted by Gasteiger charge is -2.07. The number of nitrogens with one attached hydrogen (secondary N) is 1. The van der Waals surface area contributed by atoms with E-state index in [9.17, 15) is 4.39 Å². The van der Waals surface area contributed by atoms with Gasteiger partial charge in [-0.1, -0.05) is 31.4 Å². The average Bonchev–Trinajstić information content (AvgIpc) is 2.85. The molecule has 3 nitrogen and oxygen atoms in total. The Balaban J connectivity index is 2.20. The minimum atomic E-state index is -0.354. The summed E-state index contributed by atoms with van der Waals surface area (Å²) in [6.45, 7) is 2.12. The third-order valence-electron chi connectivity index (χ3n) is 3.04. The van der Waals surface area contributed by atoms with Crippen molar-refractivity contribution in [3.05, 3.63) is 41.1 Å². The van der Waals surface area contributed by atoms with Crippen LogP contribution in [0.5, 0.6) is 0 Å². The fourth-order valence-electron chi connectivity index (χ4n) is 1.93. The minimum Gasteiger partial charge on any atom is -0.341 e. The first-order valence-corrected chi connectivity index (χ1v) is 6.75. The molecule has 0 fully saturated rings. The van der Waals surface area contributed by atoms with Gasteiger partial charge in [-0.05, 0) is 24.6 Å². The van der Waals surface area contributed by atoms with E-state index >= 15 is 0 Å². The zero-order valence-electron chi connectivity index (χ0n) is 10.8. The van der Waals surface area contributed by atoms with E-state index < -0.39 is 0 Å². The second-order valence-electron chi connectivity index (χ2n) is 4.56. The normalized spacial score (nSPS) is 12.6. The predicted molar refractivity (Wildman–Crippen MR) is 75.4 cm³/mol. The van der Waals surface area contributed by atoms with Crippen molar-refractivity contribution >= 4 is 11.6 Å². The summed E-state index contributed by atoms with van der Waals surface area (Å²) in [4.78, 5) is 7.43. The number of hydrogen-bond acceptors (Lipinski definition) is 2. The first kappa shape index (κ1) is 14.0. The van der Waals surface area contributed by atoms with Crippen LogP contribution in [0.3, 0.4) is 0 Å². The average molecular weight is 282 g/mol. The Morgan fingerprint density at radius 1 is 1.47 bits per heavy atom. The van der Waals surface area contributed by atoms with Crippen LogP contribution in [0.4, 0.5) is 4.39 Å². The molecule has 3 N–H and O–H groups in total. The van der Waals surface area contributed by atoms with Crippen LogP contribution in [0.25, 0.3) is 11.3 Å².